The minimum atomic E-state index is -0.383. The maximum absolute atomic E-state index is 4.94. The summed E-state index contributed by atoms with van der Waals surface area (Å²) in [5, 5.41) is 2.51. The van der Waals surface area contributed by atoms with Gasteiger partial charge in [0, 0.05) is 33.2 Å². The van der Waals surface area contributed by atoms with Crippen LogP contribution in [0.1, 0.15) is 22.3 Å². The lowest BCUT2D eigenvalue weighted by Crippen LogP contribution is -2.25. The predicted octanol–water partition coefficient (Wildman–Crippen LogP) is 14.0. The maximum atomic E-state index is 4.94. The van der Waals surface area contributed by atoms with E-state index in [2.05, 4.69) is 162 Å². The quantitative estimate of drug-likeness (QED) is 0.174. The Balaban J connectivity index is 0.911. The molecule has 0 amide bonds. The molecular formula is C58H36N4. The zero-order chi connectivity index (χ0) is 40.8. The molecule has 2 aliphatic carbocycles. The lowest BCUT2D eigenvalue weighted by Gasteiger charge is -2.30. The SMILES string of the molecule is c1ccc(-c2nc(-c3ccccc3)nc(-c3ccc(-c4ccc(-n5c6ccccc6c6cc7c(cc65)-c5ccccc5C75c6ccccc6-c6ccccc65)cc4)cc3)n2)cc1. The van der Waals surface area contributed by atoms with Crippen LogP contribution < -0.4 is 0 Å². The van der Waals surface area contributed by atoms with Crippen molar-refractivity contribution >= 4 is 21.8 Å². The van der Waals surface area contributed by atoms with Crippen LogP contribution in [0, 0.1) is 0 Å². The normalized spacial score (nSPS) is 13.0. The molecule has 0 aliphatic heterocycles. The average Bonchev–Trinajstić information content (AvgIpc) is 3.95. The van der Waals surface area contributed by atoms with E-state index in [1.807, 2.05) is 60.7 Å². The Morgan fingerprint density at radius 1 is 0.290 bits per heavy atom. The first-order valence-corrected chi connectivity index (χ1v) is 21.2. The Morgan fingerprint density at radius 3 is 1.26 bits per heavy atom. The first-order chi connectivity index (χ1) is 30.7. The highest BCUT2D eigenvalue weighted by atomic mass is 15.0. The standard InChI is InChI=1S/C58H36N4/c1-3-15-39(16-4-1)55-59-56(40-17-5-2-6-18-40)61-57(60-55)41-29-27-37(28-30-41)38-31-33-42(34-32-38)62-53-26-14-10-22-46(53)48-35-52-47(36-54(48)62)45-21-9-13-25-51(45)58(52)49-23-11-7-19-43(49)44-20-8-12-24-50(44)58/h1-36H. The fourth-order valence-corrected chi connectivity index (χ4v) is 10.4. The van der Waals surface area contributed by atoms with Crippen molar-refractivity contribution in [1.82, 2.24) is 19.5 Å². The summed E-state index contributed by atoms with van der Waals surface area (Å²) in [5.41, 5.74) is 18.9. The smallest absolute Gasteiger partial charge is 0.164 e. The molecule has 13 rings (SSSR count). The molecule has 4 nitrogen and oxygen atoms in total. The number of nitrogens with zero attached hydrogens (tertiary/aromatic N) is 4. The first-order valence-electron chi connectivity index (χ1n) is 21.2. The molecule has 11 aromatic rings. The molecule has 9 aromatic carbocycles. The number of hydrogen-bond acceptors (Lipinski definition) is 3. The summed E-state index contributed by atoms with van der Waals surface area (Å²) < 4.78 is 2.44. The molecule has 288 valence electrons. The first kappa shape index (κ1) is 34.6. The van der Waals surface area contributed by atoms with Gasteiger partial charge in [0.25, 0.3) is 0 Å². The van der Waals surface area contributed by atoms with Gasteiger partial charge in [-0.25, -0.2) is 15.0 Å². The van der Waals surface area contributed by atoms with E-state index in [4.69, 9.17) is 15.0 Å². The van der Waals surface area contributed by atoms with Crippen LogP contribution in [0.15, 0.2) is 218 Å². The van der Waals surface area contributed by atoms with Gasteiger partial charge in [0.15, 0.2) is 17.5 Å². The van der Waals surface area contributed by atoms with E-state index in [0.29, 0.717) is 17.5 Å². The molecule has 0 unspecified atom stereocenters. The second-order valence-electron chi connectivity index (χ2n) is 16.3. The van der Waals surface area contributed by atoms with E-state index >= 15 is 0 Å². The van der Waals surface area contributed by atoms with E-state index in [0.717, 1.165) is 33.5 Å². The van der Waals surface area contributed by atoms with Gasteiger partial charge in [-0.1, -0.05) is 188 Å². The Bertz CT molecular complexity index is 3450. The van der Waals surface area contributed by atoms with Gasteiger partial charge in [0.1, 0.15) is 0 Å². The molecule has 0 bridgehead atoms. The molecule has 0 fully saturated rings. The van der Waals surface area contributed by atoms with Crippen LogP contribution in [0.3, 0.4) is 0 Å². The van der Waals surface area contributed by atoms with Crippen LogP contribution >= 0.6 is 0 Å². The second-order valence-corrected chi connectivity index (χ2v) is 16.3. The summed E-state index contributed by atoms with van der Waals surface area (Å²) >= 11 is 0. The topological polar surface area (TPSA) is 43.6 Å². The average molecular weight is 789 g/mol. The zero-order valence-electron chi connectivity index (χ0n) is 33.6. The van der Waals surface area contributed by atoms with Crippen molar-refractivity contribution in [3.8, 4) is 73.2 Å². The third-order valence-corrected chi connectivity index (χ3v) is 13.1. The van der Waals surface area contributed by atoms with Crippen LogP contribution in [0.5, 0.6) is 0 Å². The fourth-order valence-electron chi connectivity index (χ4n) is 10.4. The second kappa shape index (κ2) is 13.4. The van der Waals surface area contributed by atoms with Crippen molar-refractivity contribution in [1.29, 1.82) is 0 Å². The van der Waals surface area contributed by atoms with Crippen LogP contribution in [0.2, 0.25) is 0 Å². The highest BCUT2D eigenvalue weighted by molar-refractivity contribution is 6.12. The summed E-state index contributed by atoms with van der Waals surface area (Å²) in [5.74, 6) is 1.96. The minimum absolute atomic E-state index is 0.383. The van der Waals surface area contributed by atoms with Crippen LogP contribution in [-0.4, -0.2) is 19.5 Å². The van der Waals surface area contributed by atoms with Crippen LogP contribution in [0.4, 0.5) is 0 Å². The summed E-state index contributed by atoms with van der Waals surface area (Å²) in [4.78, 5) is 14.8. The molecule has 1 spiro atoms. The van der Waals surface area contributed by atoms with Gasteiger partial charge in [-0.15, -0.1) is 0 Å². The molecule has 62 heavy (non-hydrogen) atoms. The molecule has 0 radical (unpaired) electrons. The summed E-state index contributed by atoms with van der Waals surface area (Å²) in [6.45, 7) is 0. The van der Waals surface area contributed by atoms with Crippen molar-refractivity contribution in [3.05, 3.63) is 241 Å². The Morgan fingerprint density at radius 2 is 0.710 bits per heavy atom. The number of fused-ring (bicyclic) bond motifs is 13. The van der Waals surface area contributed by atoms with Gasteiger partial charge in [-0.3, -0.25) is 0 Å². The van der Waals surface area contributed by atoms with Crippen LogP contribution in [-0.2, 0) is 5.41 Å². The number of para-hydroxylation sites is 1. The predicted molar refractivity (Wildman–Crippen MR) is 252 cm³/mol. The molecular weight excluding hydrogens is 753 g/mol. The van der Waals surface area contributed by atoms with Gasteiger partial charge in [0.05, 0.1) is 16.4 Å². The maximum Gasteiger partial charge on any atom is 0.164 e. The Labute approximate surface area is 359 Å². The minimum Gasteiger partial charge on any atom is -0.309 e. The third kappa shape index (κ3) is 4.98. The van der Waals surface area contributed by atoms with Crippen molar-refractivity contribution in [2.75, 3.05) is 0 Å². The lowest BCUT2D eigenvalue weighted by molar-refractivity contribution is 0.795. The van der Waals surface area contributed by atoms with Gasteiger partial charge in [-0.05, 0) is 86.0 Å². The zero-order valence-corrected chi connectivity index (χ0v) is 33.6. The van der Waals surface area contributed by atoms with E-state index < -0.39 is 0 Å². The Hall–Kier alpha value is -8.21. The van der Waals surface area contributed by atoms with Crippen LogP contribution in [0.25, 0.3) is 95.0 Å². The van der Waals surface area contributed by atoms with Gasteiger partial charge in [0.2, 0.25) is 0 Å². The van der Waals surface area contributed by atoms with Gasteiger partial charge in [-0.2, -0.15) is 0 Å². The molecule has 0 atom stereocenters. The highest BCUT2D eigenvalue weighted by Gasteiger charge is 2.51. The largest absolute Gasteiger partial charge is 0.309 e. The number of benzene rings is 9. The number of rotatable bonds is 5. The molecule has 2 aliphatic rings. The summed E-state index contributed by atoms with van der Waals surface area (Å²) in [6.07, 6.45) is 0. The summed E-state index contributed by atoms with van der Waals surface area (Å²) in [6, 6.07) is 78.7. The van der Waals surface area contributed by atoms with Crippen molar-refractivity contribution in [2.24, 2.45) is 0 Å². The fraction of sp³-hybridized carbons (Fsp3) is 0.0172. The van der Waals surface area contributed by atoms with E-state index in [-0.39, 0.29) is 5.41 Å². The molecule has 0 N–H and O–H groups in total. The molecule has 2 aromatic heterocycles. The van der Waals surface area contributed by atoms with Crippen molar-refractivity contribution in [2.45, 2.75) is 5.41 Å². The molecule has 0 saturated carbocycles. The lowest BCUT2D eigenvalue weighted by atomic mass is 9.70. The number of hydrogen-bond donors (Lipinski definition) is 0. The van der Waals surface area contributed by atoms with E-state index in [1.54, 1.807) is 0 Å². The molecule has 4 heteroatoms. The van der Waals surface area contributed by atoms with Gasteiger partial charge >= 0.3 is 0 Å². The van der Waals surface area contributed by atoms with Crippen molar-refractivity contribution in [3.63, 3.8) is 0 Å². The third-order valence-electron chi connectivity index (χ3n) is 13.1. The van der Waals surface area contributed by atoms with Gasteiger partial charge < -0.3 is 4.57 Å². The van der Waals surface area contributed by atoms with E-state index in [1.165, 1.54) is 66.3 Å². The van der Waals surface area contributed by atoms with Crippen molar-refractivity contribution < 1.29 is 0 Å². The van der Waals surface area contributed by atoms with E-state index in [9.17, 15) is 0 Å². The Kier molecular flexibility index (Phi) is 7.49. The highest BCUT2D eigenvalue weighted by Crippen LogP contribution is 2.63. The number of aromatic nitrogens is 4. The molecule has 0 saturated heterocycles. The monoisotopic (exact) mass is 788 g/mol. The summed E-state index contributed by atoms with van der Waals surface area (Å²) in [7, 11) is 0. The molecule has 2 heterocycles.